The molecule has 84 valence electrons. The predicted molar refractivity (Wildman–Crippen MR) is 59.6 cm³/mol. The molecule has 1 saturated carbocycles. The molecule has 1 unspecified atom stereocenters. The zero-order valence-electron chi connectivity index (χ0n) is 9.75. The van der Waals surface area contributed by atoms with Crippen LogP contribution in [0.4, 0.5) is 0 Å². The van der Waals surface area contributed by atoms with Gasteiger partial charge in [0.1, 0.15) is 0 Å². The van der Waals surface area contributed by atoms with Crippen LogP contribution in [0.15, 0.2) is 0 Å². The first-order chi connectivity index (χ1) is 6.68. The second-order valence-electron chi connectivity index (χ2n) is 4.52. The molecular formula is C11H24N2O. The average Bonchev–Trinajstić information content (AvgIpc) is 2.92. The van der Waals surface area contributed by atoms with Crippen molar-refractivity contribution < 1.29 is 4.74 Å². The van der Waals surface area contributed by atoms with Crippen LogP contribution in [-0.4, -0.2) is 50.8 Å². The first-order valence-corrected chi connectivity index (χ1v) is 5.68. The highest BCUT2D eigenvalue weighted by atomic mass is 16.5. The first-order valence-electron chi connectivity index (χ1n) is 5.68. The van der Waals surface area contributed by atoms with Gasteiger partial charge in [-0.15, -0.1) is 0 Å². The summed E-state index contributed by atoms with van der Waals surface area (Å²) in [5, 5.41) is 3.47. The number of hydrogen-bond donors (Lipinski definition) is 1. The van der Waals surface area contributed by atoms with Gasteiger partial charge in [-0.1, -0.05) is 0 Å². The molecule has 1 aliphatic rings. The predicted octanol–water partition coefficient (Wildman–Crippen LogP) is 1.10. The Morgan fingerprint density at radius 3 is 2.71 bits per heavy atom. The Morgan fingerprint density at radius 2 is 2.14 bits per heavy atom. The zero-order valence-corrected chi connectivity index (χ0v) is 9.75. The van der Waals surface area contributed by atoms with Crippen molar-refractivity contribution in [3.63, 3.8) is 0 Å². The summed E-state index contributed by atoms with van der Waals surface area (Å²) >= 11 is 0. The highest BCUT2D eigenvalue weighted by molar-refractivity contribution is 4.81. The second-order valence-corrected chi connectivity index (χ2v) is 4.52. The van der Waals surface area contributed by atoms with Crippen molar-refractivity contribution in [2.75, 3.05) is 33.8 Å². The van der Waals surface area contributed by atoms with Gasteiger partial charge in [0.2, 0.25) is 0 Å². The van der Waals surface area contributed by atoms with E-state index in [9.17, 15) is 0 Å². The second kappa shape index (κ2) is 6.38. The summed E-state index contributed by atoms with van der Waals surface area (Å²) < 4.78 is 5.68. The van der Waals surface area contributed by atoms with E-state index in [-0.39, 0.29) is 0 Å². The van der Waals surface area contributed by atoms with Crippen LogP contribution in [0.2, 0.25) is 0 Å². The molecule has 0 saturated heterocycles. The third-order valence-electron chi connectivity index (χ3n) is 2.42. The quantitative estimate of drug-likeness (QED) is 0.594. The van der Waals surface area contributed by atoms with Crippen LogP contribution >= 0.6 is 0 Å². The summed E-state index contributed by atoms with van der Waals surface area (Å²) in [6.07, 6.45) is 4.19. The van der Waals surface area contributed by atoms with Crippen LogP contribution in [0, 0.1) is 0 Å². The van der Waals surface area contributed by atoms with Crippen LogP contribution in [0.1, 0.15) is 26.2 Å². The van der Waals surface area contributed by atoms with Gasteiger partial charge >= 0.3 is 0 Å². The van der Waals surface area contributed by atoms with E-state index in [0.29, 0.717) is 6.10 Å². The zero-order chi connectivity index (χ0) is 10.4. The van der Waals surface area contributed by atoms with Gasteiger partial charge in [-0.05, 0) is 46.8 Å². The third kappa shape index (κ3) is 6.35. The molecule has 1 fully saturated rings. The van der Waals surface area contributed by atoms with Crippen molar-refractivity contribution in [1.29, 1.82) is 0 Å². The van der Waals surface area contributed by atoms with E-state index in [4.69, 9.17) is 4.74 Å². The Labute approximate surface area is 87.8 Å². The van der Waals surface area contributed by atoms with Crippen LogP contribution in [0.3, 0.4) is 0 Å². The highest BCUT2D eigenvalue weighted by Crippen LogP contribution is 2.18. The smallest absolute Gasteiger partial charge is 0.0671 e. The fraction of sp³-hybridized carbons (Fsp3) is 1.00. The standard InChI is InChI=1S/C11H24N2O/c1-10(9-12-11-5-6-11)14-8-4-7-13(2)3/h10-12H,4-9H2,1-3H3. The SMILES string of the molecule is CC(CNC1CC1)OCCCN(C)C. The van der Waals surface area contributed by atoms with Crippen molar-refractivity contribution in [1.82, 2.24) is 10.2 Å². The van der Waals surface area contributed by atoms with Crippen LogP contribution in [0.25, 0.3) is 0 Å². The summed E-state index contributed by atoms with van der Waals surface area (Å²) in [7, 11) is 4.19. The molecule has 14 heavy (non-hydrogen) atoms. The van der Waals surface area contributed by atoms with Gasteiger partial charge in [0.25, 0.3) is 0 Å². The maximum atomic E-state index is 5.68. The van der Waals surface area contributed by atoms with E-state index in [1.165, 1.54) is 12.8 Å². The van der Waals surface area contributed by atoms with E-state index in [0.717, 1.165) is 32.2 Å². The molecule has 0 radical (unpaired) electrons. The number of ether oxygens (including phenoxy) is 1. The maximum Gasteiger partial charge on any atom is 0.0671 e. The van der Waals surface area contributed by atoms with Gasteiger partial charge in [0.05, 0.1) is 6.10 Å². The van der Waals surface area contributed by atoms with E-state index in [1.54, 1.807) is 0 Å². The van der Waals surface area contributed by atoms with Gasteiger partial charge in [-0.25, -0.2) is 0 Å². The number of hydrogen-bond acceptors (Lipinski definition) is 3. The first kappa shape index (κ1) is 12.0. The van der Waals surface area contributed by atoms with Gasteiger partial charge in [-0.3, -0.25) is 0 Å². The van der Waals surface area contributed by atoms with Gasteiger partial charge in [0.15, 0.2) is 0 Å². The largest absolute Gasteiger partial charge is 0.377 e. The summed E-state index contributed by atoms with van der Waals surface area (Å²) in [5.41, 5.74) is 0. The Bertz CT molecular complexity index is 146. The third-order valence-corrected chi connectivity index (χ3v) is 2.42. The van der Waals surface area contributed by atoms with Gasteiger partial charge in [-0.2, -0.15) is 0 Å². The van der Waals surface area contributed by atoms with Crippen LogP contribution in [-0.2, 0) is 4.74 Å². The van der Waals surface area contributed by atoms with Crippen molar-refractivity contribution in [3.8, 4) is 0 Å². The fourth-order valence-electron chi connectivity index (χ4n) is 1.34. The van der Waals surface area contributed by atoms with Crippen LogP contribution in [0.5, 0.6) is 0 Å². The molecule has 1 aliphatic carbocycles. The van der Waals surface area contributed by atoms with E-state index in [2.05, 4.69) is 31.2 Å². The van der Waals surface area contributed by atoms with Gasteiger partial charge < -0.3 is 15.0 Å². The van der Waals surface area contributed by atoms with Crippen molar-refractivity contribution in [2.45, 2.75) is 38.3 Å². The van der Waals surface area contributed by atoms with Crippen molar-refractivity contribution >= 4 is 0 Å². The molecule has 0 bridgehead atoms. The lowest BCUT2D eigenvalue weighted by atomic mass is 10.4. The number of rotatable bonds is 8. The average molecular weight is 200 g/mol. The molecule has 3 heteroatoms. The molecule has 0 aromatic rings. The maximum absolute atomic E-state index is 5.68. The Kier molecular flexibility index (Phi) is 5.45. The molecule has 0 spiro atoms. The molecule has 0 aliphatic heterocycles. The highest BCUT2D eigenvalue weighted by Gasteiger charge is 2.20. The Balaban J connectivity index is 1.83. The minimum absolute atomic E-state index is 0.359. The molecule has 1 rings (SSSR count). The Hall–Kier alpha value is -0.120. The summed E-state index contributed by atoms with van der Waals surface area (Å²) in [4.78, 5) is 2.19. The minimum atomic E-state index is 0.359. The molecular weight excluding hydrogens is 176 g/mol. The molecule has 3 nitrogen and oxygen atoms in total. The number of nitrogens with one attached hydrogen (secondary N) is 1. The van der Waals surface area contributed by atoms with Crippen molar-refractivity contribution in [3.05, 3.63) is 0 Å². The molecule has 0 amide bonds. The molecule has 1 atom stereocenters. The van der Waals surface area contributed by atoms with Gasteiger partial charge in [0, 0.05) is 19.2 Å². The molecule has 1 N–H and O–H groups in total. The topological polar surface area (TPSA) is 24.5 Å². The van der Waals surface area contributed by atoms with Crippen molar-refractivity contribution in [2.24, 2.45) is 0 Å². The van der Waals surface area contributed by atoms with E-state index >= 15 is 0 Å². The lowest BCUT2D eigenvalue weighted by Gasteiger charge is -2.15. The molecule has 0 aromatic carbocycles. The van der Waals surface area contributed by atoms with E-state index < -0.39 is 0 Å². The fourth-order valence-corrected chi connectivity index (χ4v) is 1.34. The molecule has 0 heterocycles. The number of nitrogens with zero attached hydrogens (tertiary/aromatic N) is 1. The minimum Gasteiger partial charge on any atom is -0.377 e. The summed E-state index contributed by atoms with van der Waals surface area (Å²) in [5.74, 6) is 0. The normalized spacial score (nSPS) is 18.9. The lowest BCUT2D eigenvalue weighted by molar-refractivity contribution is 0.0608. The molecule has 0 aromatic heterocycles. The van der Waals surface area contributed by atoms with Crippen LogP contribution < -0.4 is 5.32 Å². The Morgan fingerprint density at radius 1 is 1.43 bits per heavy atom. The lowest BCUT2D eigenvalue weighted by Crippen LogP contribution is -2.29. The monoisotopic (exact) mass is 200 g/mol. The van der Waals surface area contributed by atoms with E-state index in [1.807, 2.05) is 0 Å². The summed E-state index contributed by atoms with van der Waals surface area (Å²) in [6.45, 7) is 5.14. The summed E-state index contributed by atoms with van der Waals surface area (Å²) in [6, 6.07) is 0.794.